The molecule has 3 aromatic carbocycles. The van der Waals surface area contributed by atoms with Crippen molar-refractivity contribution in [2.45, 2.75) is 13.0 Å². The Morgan fingerprint density at radius 3 is 2.39 bits per heavy atom. The molecule has 166 valence electrons. The summed E-state index contributed by atoms with van der Waals surface area (Å²) in [5.41, 5.74) is 1.26. The van der Waals surface area contributed by atoms with Crippen LogP contribution in [-0.2, 0) is 4.79 Å². The van der Waals surface area contributed by atoms with Crippen LogP contribution >= 0.6 is 0 Å². The highest BCUT2D eigenvalue weighted by molar-refractivity contribution is 6.03. The Hall–Kier alpha value is -4.60. The molecule has 1 atom stereocenters. The molecule has 1 unspecified atom stereocenters. The summed E-state index contributed by atoms with van der Waals surface area (Å²) in [5, 5.41) is 25.5. The third-order valence-corrected chi connectivity index (χ3v) is 5.40. The Bertz CT molecular complexity index is 1290. The van der Waals surface area contributed by atoms with E-state index in [4.69, 9.17) is 0 Å². The van der Waals surface area contributed by atoms with Crippen LogP contribution in [-0.4, -0.2) is 33.1 Å². The van der Waals surface area contributed by atoms with Gasteiger partial charge < -0.3 is 10.2 Å². The number of aryl methyl sites for hydroxylation is 1. The third-order valence-electron chi connectivity index (χ3n) is 5.40. The fourth-order valence-electron chi connectivity index (χ4n) is 3.93. The minimum Gasteiger partial charge on any atom is -0.324 e. The molecule has 0 saturated carbocycles. The van der Waals surface area contributed by atoms with Crippen molar-refractivity contribution < 1.29 is 19.4 Å². The Morgan fingerprint density at radius 1 is 1.00 bits per heavy atom. The first-order valence-corrected chi connectivity index (χ1v) is 9.95. The predicted octanol–water partition coefficient (Wildman–Crippen LogP) is 4.00. The first-order valence-electron chi connectivity index (χ1n) is 9.95. The maximum Gasteiger partial charge on any atom is 0.289 e. The number of nitrogens with zero attached hydrogens (tertiary/aromatic N) is 3. The van der Waals surface area contributed by atoms with E-state index in [-0.39, 0.29) is 12.1 Å². The second-order valence-electron chi connectivity index (χ2n) is 7.60. The van der Waals surface area contributed by atoms with Gasteiger partial charge >= 0.3 is 0 Å². The maximum absolute atomic E-state index is 13.7. The zero-order valence-electron chi connectivity index (χ0n) is 17.4. The lowest BCUT2D eigenvalue weighted by Crippen LogP contribution is -2.39. The van der Waals surface area contributed by atoms with Crippen LogP contribution in [0, 0.1) is 27.2 Å². The molecule has 10 nitrogen and oxygen atoms in total. The van der Waals surface area contributed by atoms with Gasteiger partial charge in [-0.3, -0.25) is 29.8 Å². The number of rotatable bonds is 4. The van der Waals surface area contributed by atoms with Crippen molar-refractivity contribution in [3.05, 3.63) is 109 Å². The van der Waals surface area contributed by atoms with Crippen molar-refractivity contribution in [3.8, 4) is 0 Å². The van der Waals surface area contributed by atoms with Gasteiger partial charge in [0.25, 0.3) is 17.3 Å². The average molecular weight is 446 g/mol. The van der Waals surface area contributed by atoms with Crippen LogP contribution in [0.4, 0.5) is 17.1 Å². The van der Waals surface area contributed by atoms with Gasteiger partial charge in [0.1, 0.15) is 12.1 Å². The second kappa shape index (κ2) is 8.50. The highest BCUT2D eigenvalue weighted by Gasteiger charge is 2.36. The van der Waals surface area contributed by atoms with E-state index >= 15 is 0 Å². The van der Waals surface area contributed by atoms with Crippen molar-refractivity contribution in [3.63, 3.8) is 0 Å². The molecule has 10 heteroatoms. The van der Waals surface area contributed by atoms with Gasteiger partial charge in [-0.1, -0.05) is 48.0 Å². The van der Waals surface area contributed by atoms with Gasteiger partial charge in [-0.2, -0.15) is 0 Å². The molecule has 0 saturated heterocycles. The molecule has 1 aliphatic rings. The molecule has 0 spiro atoms. The summed E-state index contributed by atoms with van der Waals surface area (Å²) < 4.78 is 0. The van der Waals surface area contributed by atoms with Crippen LogP contribution in [0.25, 0.3) is 0 Å². The molecule has 1 aliphatic heterocycles. The Morgan fingerprint density at radius 2 is 1.73 bits per heavy atom. The largest absolute Gasteiger partial charge is 0.324 e. The predicted molar refractivity (Wildman–Crippen MR) is 119 cm³/mol. The smallest absolute Gasteiger partial charge is 0.289 e. The van der Waals surface area contributed by atoms with Crippen molar-refractivity contribution in [2.24, 2.45) is 0 Å². The number of fused-ring (bicyclic) bond motifs is 1. The third kappa shape index (κ3) is 4.13. The van der Waals surface area contributed by atoms with Crippen LogP contribution in [0.5, 0.6) is 0 Å². The Balaban J connectivity index is 1.91. The summed E-state index contributed by atoms with van der Waals surface area (Å²) in [4.78, 5) is 48.7. The standard InChI is InChI=1S/C23H18N4O6/c1-14-7-10-19-18(11-14)22(15-5-3-2-4-6-15)25(13-21(28)24-19)23(29)17-9-8-16(26(30)31)12-20(17)27(32)33/h2-12,22H,13H2,1H3,(H,24,28). The normalized spacial score (nSPS) is 15.2. The van der Waals surface area contributed by atoms with Gasteiger partial charge in [-0.15, -0.1) is 0 Å². The maximum atomic E-state index is 13.7. The minimum absolute atomic E-state index is 0.338. The first kappa shape index (κ1) is 21.6. The number of carbonyl (C=O) groups excluding carboxylic acids is 2. The fourth-order valence-corrected chi connectivity index (χ4v) is 3.93. The lowest BCUT2D eigenvalue weighted by atomic mass is 9.94. The molecule has 2 amide bonds. The Labute approximate surface area is 187 Å². The van der Waals surface area contributed by atoms with E-state index in [1.54, 1.807) is 30.3 Å². The quantitative estimate of drug-likeness (QED) is 0.475. The lowest BCUT2D eigenvalue weighted by molar-refractivity contribution is -0.394. The number of non-ortho nitro benzene ring substituents is 1. The first-order chi connectivity index (χ1) is 15.8. The van der Waals surface area contributed by atoms with Crippen molar-refractivity contribution in [1.29, 1.82) is 0 Å². The molecule has 0 fully saturated rings. The number of amides is 2. The molecule has 33 heavy (non-hydrogen) atoms. The van der Waals surface area contributed by atoms with E-state index in [9.17, 15) is 29.8 Å². The summed E-state index contributed by atoms with van der Waals surface area (Å²) in [7, 11) is 0. The molecule has 0 radical (unpaired) electrons. The lowest BCUT2D eigenvalue weighted by Gasteiger charge is -2.30. The van der Waals surface area contributed by atoms with E-state index in [0.717, 1.165) is 23.8 Å². The molecule has 1 heterocycles. The minimum atomic E-state index is -0.840. The average Bonchev–Trinajstić information content (AvgIpc) is 2.94. The monoisotopic (exact) mass is 446 g/mol. The van der Waals surface area contributed by atoms with Gasteiger partial charge in [-0.05, 0) is 24.6 Å². The van der Waals surface area contributed by atoms with Crippen LogP contribution < -0.4 is 5.32 Å². The van der Waals surface area contributed by atoms with Crippen LogP contribution in [0.15, 0.2) is 66.7 Å². The summed E-state index contributed by atoms with van der Waals surface area (Å²) in [6, 6.07) is 16.6. The van der Waals surface area contributed by atoms with Gasteiger partial charge in [0, 0.05) is 17.3 Å². The SMILES string of the molecule is Cc1ccc2c(c1)C(c1ccccc1)N(C(=O)c1ccc([N+](=O)[O-])cc1[N+](=O)[O-])CC(=O)N2. The van der Waals surface area contributed by atoms with E-state index < -0.39 is 39.1 Å². The molecule has 0 aromatic heterocycles. The van der Waals surface area contributed by atoms with Crippen LogP contribution in [0.1, 0.15) is 33.1 Å². The number of nitrogens with one attached hydrogen (secondary N) is 1. The number of nitro groups is 2. The van der Waals surface area contributed by atoms with Gasteiger partial charge in [0.05, 0.1) is 22.0 Å². The number of benzene rings is 3. The number of nitro benzene ring substituents is 2. The second-order valence-corrected chi connectivity index (χ2v) is 7.60. The van der Waals surface area contributed by atoms with E-state index in [1.165, 1.54) is 4.90 Å². The Kier molecular flexibility index (Phi) is 5.57. The van der Waals surface area contributed by atoms with Crippen molar-refractivity contribution in [1.82, 2.24) is 4.90 Å². The van der Waals surface area contributed by atoms with E-state index in [0.29, 0.717) is 16.8 Å². The molecule has 1 N–H and O–H groups in total. The molecule has 0 bridgehead atoms. The van der Waals surface area contributed by atoms with Crippen molar-refractivity contribution >= 4 is 28.9 Å². The fraction of sp³-hybridized carbons (Fsp3) is 0.130. The van der Waals surface area contributed by atoms with Gasteiger partial charge in [0.2, 0.25) is 5.91 Å². The molecule has 4 rings (SSSR count). The van der Waals surface area contributed by atoms with Gasteiger partial charge in [0.15, 0.2) is 0 Å². The highest BCUT2D eigenvalue weighted by atomic mass is 16.6. The highest BCUT2D eigenvalue weighted by Crippen LogP contribution is 2.38. The summed E-state index contributed by atoms with van der Waals surface area (Å²) in [6.07, 6.45) is 0. The summed E-state index contributed by atoms with van der Waals surface area (Å²) >= 11 is 0. The van der Waals surface area contributed by atoms with E-state index in [2.05, 4.69) is 5.32 Å². The topological polar surface area (TPSA) is 136 Å². The number of carbonyl (C=O) groups is 2. The number of hydrogen-bond acceptors (Lipinski definition) is 6. The van der Waals surface area contributed by atoms with Crippen LogP contribution in [0.2, 0.25) is 0 Å². The molecule has 0 aliphatic carbocycles. The number of anilines is 1. The van der Waals surface area contributed by atoms with E-state index in [1.807, 2.05) is 25.1 Å². The summed E-state index contributed by atoms with van der Waals surface area (Å²) in [5.74, 6) is -1.24. The molecule has 3 aromatic rings. The number of hydrogen-bond donors (Lipinski definition) is 1. The van der Waals surface area contributed by atoms with Gasteiger partial charge in [-0.25, -0.2) is 0 Å². The summed E-state index contributed by atoms with van der Waals surface area (Å²) in [6.45, 7) is 1.52. The molecular weight excluding hydrogens is 428 g/mol. The zero-order valence-corrected chi connectivity index (χ0v) is 17.4. The van der Waals surface area contributed by atoms with Crippen LogP contribution in [0.3, 0.4) is 0 Å². The van der Waals surface area contributed by atoms with Crippen molar-refractivity contribution in [2.75, 3.05) is 11.9 Å². The zero-order chi connectivity index (χ0) is 23.7. The molecular formula is C23H18N4O6.